The molecule has 0 aliphatic heterocycles. The molecule has 126 valence electrons. The van der Waals surface area contributed by atoms with Crippen LogP contribution in [0.1, 0.15) is 59.3 Å². The lowest BCUT2D eigenvalue weighted by Gasteiger charge is -2.47. The molecule has 0 amide bonds. The summed E-state index contributed by atoms with van der Waals surface area (Å²) in [6, 6.07) is 0.232. The van der Waals surface area contributed by atoms with Crippen LogP contribution >= 0.6 is 0 Å². The molecule has 1 saturated carbocycles. The van der Waals surface area contributed by atoms with Crippen LogP contribution in [0.4, 0.5) is 0 Å². The minimum atomic E-state index is -2.88. The van der Waals surface area contributed by atoms with Gasteiger partial charge in [-0.25, -0.2) is 8.42 Å². The molecule has 0 aromatic heterocycles. The first kappa shape index (κ1) is 18.9. The van der Waals surface area contributed by atoms with Crippen LogP contribution in [0.25, 0.3) is 0 Å². The first-order valence-corrected chi connectivity index (χ1v) is 10.2. The Labute approximate surface area is 130 Å². The predicted molar refractivity (Wildman–Crippen MR) is 88.4 cm³/mol. The zero-order chi connectivity index (χ0) is 16.1. The van der Waals surface area contributed by atoms with E-state index in [9.17, 15) is 8.42 Å². The molecule has 0 bridgehead atoms. The Morgan fingerprint density at radius 1 is 1.19 bits per heavy atom. The molecule has 0 radical (unpaired) electrons. The molecule has 0 aromatic rings. The zero-order valence-corrected chi connectivity index (χ0v) is 15.2. The van der Waals surface area contributed by atoms with Crippen molar-refractivity contribution in [2.75, 3.05) is 25.7 Å². The number of likely N-dealkylation sites (N-methyl/N-ethyl adjacent to an activating group) is 1. The van der Waals surface area contributed by atoms with E-state index in [-0.39, 0.29) is 17.4 Å². The van der Waals surface area contributed by atoms with Gasteiger partial charge in [-0.15, -0.1) is 0 Å². The molecular formula is C16H33NO3S. The van der Waals surface area contributed by atoms with Gasteiger partial charge in [-0.05, 0) is 57.9 Å². The lowest BCUT2D eigenvalue weighted by atomic mass is 9.68. The normalized spacial score (nSPS) is 22.9. The van der Waals surface area contributed by atoms with Crippen molar-refractivity contribution >= 4 is 9.84 Å². The van der Waals surface area contributed by atoms with Crippen LogP contribution in [0.3, 0.4) is 0 Å². The summed E-state index contributed by atoms with van der Waals surface area (Å²) in [7, 11) is -0.914. The summed E-state index contributed by atoms with van der Waals surface area (Å²) < 4.78 is 28.8. The van der Waals surface area contributed by atoms with Crippen molar-refractivity contribution in [3.05, 3.63) is 0 Å². The number of hydrogen-bond donors (Lipinski definition) is 1. The van der Waals surface area contributed by atoms with E-state index in [0.717, 1.165) is 32.1 Å². The van der Waals surface area contributed by atoms with E-state index in [1.54, 1.807) is 0 Å². The highest BCUT2D eigenvalue weighted by Gasteiger charge is 2.43. The second-order valence-corrected chi connectivity index (χ2v) is 9.54. The fraction of sp³-hybridized carbons (Fsp3) is 1.00. The van der Waals surface area contributed by atoms with Crippen molar-refractivity contribution in [3.8, 4) is 0 Å². The van der Waals surface area contributed by atoms with Gasteiger partial charge in [-0.2, -0.15) is 0 Å². The predicted octanol–water partition coefficient (Wildman–Crippen LogP) is 2.77. The fourth-order valence-corrected chi connectivity index (χ4v) is 4.14. The molecule has 21 heavy (non-hydrogen) atoms. The third-order valence-electron chi connectivity index (χ3n) is 4.87. The maximum Gasteiger partial charge on any atom is 0.147 e. The van der Waals surface area contributed by atoms with E-state index < -0.39 is 9.84 Å². The van der Waals surface area contributed by atoms with E-state index in [0.29, 0.717) is 18.4 Å². The summed E-state index contributed by atoms with van der Waals surface area (Å²) >= 11 is 0. The standard InChI is InChI=1S/C16H33NO3S/c1-6-20-16(11-9-15(2,3)10-12-16)14(17-4)8-7-13-21(5,18)19/h14,17H,6-13H2,1-5H3. The second-order valence-electron chi connectivity index (χ2n) is 7.28. The fourth-order valence-electron chi connectivity index (χ4n) is 3.45. The smallest absolute Gasteiger partial charge is 0.147 e. The molecule has 0 heterocycles. The first-order valence-electron chi connectivity index (χ1n) is 8.13. The van der Waals surface area contributed by atoms with Crippen LogP contribution in [0, 0.1) is 5.41 Å². The maximum absolute atomic E-state index is 11.3. The topological polar surface area (TPSA) is 55.4 Å². The molecule has 0 spiro atoms. The van der Waals surface area contributed by atoms with Crippen LogP contribution in [0.5, 0.6) is 0 Å². The van der Waals surface area contributed by atoms with Crippen molar-refractivity contribution in [3.63, 3.8) is 0 Å². The van der Waals surface area contributed by atoms with Gasteiger partial charge in [0.25, 0.3) is 0 Å². The molecule has 1 aliphatic carbocycles. The van der Waals surface area contributed by atoms with Gasteiger partial charge in [0, 0.05) is 24.7 Å². The lowest BCUT2D eigenvalue weighted by molar-refractivity contribution is -0.106. The van der Waals surface area contributed by atoms with Crippen molar-refractivity contribution in [2.24, 2.45) is 5.41 Å². The number of ether oxygens (including phenoxy) is 1. The summed E-state index contributed by atoms with van der Waals surface area (Å²) in [4.78, 5) is 0. The monoisotopic (exact) mass is 319 g/mol. The largest absolute Gasteiger partial charge is 0.374 e. The number of rotatable bonds is 8. The Hall–Kier alpha value is -0.130. The molecule has 1 unspecified atom stereocenters. The van der Waals surface area contributed by atoms with Gasteiger partial charge in [0.15, 0.2) is 0 Å². The quantitative estimate of drug-likeness (QED) is 0.747. The SMILES string of the molecule is CCOC1(C(CCCS(C)(=O)=O)NC)CCC(C)(C)CC1. The van der Waals surface area contributed by atoms with Crippen molar-refractivity contribution in [2.45, 2.75) is 70.9 Å². The Kier molecular flexibility index (Phi) is 6.69. The highest BCUT2D eigenvalue weighted by Crippen LogP contribution is 2.44. The summed E-state index contributed by atoms with van der Waals surface area (Å²) in [5.74, 6) is 0.263. The van der Waals surface area contributed by atoms with E-state index in [2.05, 4.69) is 19.2 Å². The van der Waals surface area contributed by atoms with Crippen molar-refractivity contribution < 1.29 is 13.2 Å². The van der Waals surface area contributed by atoms with Gasteiger partial charge in [-0.1, -0.05) is 13.8 Å². The molecule has 0 aromatic carbocycles. The van der Waals surface area contributed by atoms with Gasteiger partial charge in [0.05, 0.1) is 5.60 Å². The second kappa shape index (κ2) is 7.42. The Morgan fingerprint density at radius 2 is 1.76 bits per heavy atom. The van der Waals surface area contributed by atoms with E-state index in [1.807, 2.05) is 14.0 Å². The van der Waals surface area contributed by atoms with Gasteiger partial charge in [-0.3, -0.25) is 0 Å². The number of nitrogens with one attached hydrogen (secondary N) is 1. The molecule has 1 atom stereocenters. The van der Waals surface area contributed by atoms with Crippen LogP contribution in [-0.2, 0) is 14.6 Å². The highest BCUT2D eigenvalue weighted by molar-refractivity contribution is 7.90. The molecule has 1 rings (SSSR count). The van der Waals surface area contributed by atoms with E-state index in [1.165, 1.54) is 6.26 Å². The number of sulfone groups is 1. The molecule has 5 heteroatoms. The van der Waals surface area contributed by atoms with Gasteiger partial charge in [0.1, 0.15) is 9.84 Å². The average molecular weight is 320 g/mol. The maximum atomic E-state index is 11.3. The summed E-state index contributed by atoms with van der Waals surface area (Å²) in [5, 5.41) is 3.39. The third kappa shape index (κ3) is 5.87. The minimum Gasteiger partial charge on any atom is -0.374 e. The first-order chi connectivity index (χ1) is 9.64. The number of hydrogen-bond acceptors (Lipinski definition) is 4. The van der Waals surface area contributed by atoms with E-state index in [4.69, 9.17) is 4.74 Å². The Morgan fingerprint density at radius 3 is 2.19 bits per heavy atom. The summed E-state index contributed by atoms with van der Waals surface area (Å²) in [5.41, 5.74) is 0.266. The van der Waals surface area contributed by atoms with Crippen molar-refractivity contribution in [1.29, 1.82) is 0 Å². The molecule has 1 N–H and O–H groups in total. The van der Waals surface area contributed by atoms with Crippen LogP contribution in [0.2, 0.25) is 0 Å². The van der Waals surface area contributed by atoms with E-state index >= 15 is 0 Å². The Balaban J connectivity index is 2.72. The average Bonchev–Trinajstić information content (AvgIpc) is 2.37. The lowest BCUT2D eigenvalue weighted by Crippen LogP contribution is -2.54. The van der Waals surface area contributed by atoms with Gasteiger partial charge >= 0.3 is 0 Å². The third-order valence-corrected chi connectivity index (χ3v) is 5.90. The molecular weight excluding hydrogens is 286 g/mol. The summed E-state index contributed by atoms with van der Waals surface area (Å²) in [6.07, 6.45) is 7.29. The molecule has 4 nitrogen and oxygen atoms in total. The van der Waals surface area contributed by atoms with Crippen molar-refractivity contribution in [1.82, 2.24) is 5.32 Å². The van der Waals surface area contributed by atoms with Gasteiger partial charge in [0.2, 0.25) is 0 Å². The zero-order valence-electron chi connectivity index (χ0n) is 14.4. The molecule has 1 aliphatic rings. The summed E-state index contributed by atoms with van der Waals surface area (Å²) in [6.45, 7) is 7.40. The minimum absolute atomic E-state index is 0.128. The van der Waals surface area contributed by atoms with Crippen LogP contribution in [-0.4, -0.2) is 45.7 Å². The highest BCUT2D eigenvalue weighted by atomic mass is 32.2. The van der Waals surface area contributed by atoms with Gasteiger partial charge < -0.3 is 10.1 Å². The van der Waals surface area contributed by atoms with Crippen LogP contribution < -0.4 is 5.32 Å². The molecule has 1 fully saturated rings. The van der Waals surface area contributed by atoms with Crippen LogP contribution in [0.15, 0.2) is 0 Å². The Bertz CT molecular complexity index is 407. The molecule has 0 saturated heterocycles.